The van der Waals surface area contributed by atoms with Crippen molar-refractivity contribution in [3.63, 3.8) is 0 Å². The molecule has 0 spiro atoms. The van der Waals surface area contributed by atoms with E-state index in [0.29, 0.717) is 6.04 Å². The molecule has 3 heteroatoms. The molecule has 1 unspecified atom stereocenters. The summed E-state index contributed by atoms with van der Waals surface area (Å²) >= 11 is 0. The summed E-state index contributed by atoms with van der Waals surface area (Å²) in [5.74, 6) is 0. The zero-order valence-corrected chi connectivity index (χ0v) is 9.37. The van der Waals surface area contributed by atoms with Crippen LogP contribution in [0.15, 0.2) is 12.2 Å². The lowest BCUT2D eigenvalue weighted by molar-refractivity contribution is 0.135. The second-order valence-electron chi connectivity index (χ2n) is 4.73. The molecule has 0 aromatic rings. The fourth-order valence-corrected chi connectivity index (χ4v) is 2.58. The van der Waals surface area contributed by atoms with Crippen LogP contribution in [0.3, 0.4) is 0 Å². The van der Waals surface area contributed by atoms with E-state index >= 15 is 0 Å². The highest BCUT2D eigenvalue weighted by Crippen LogP contribution is 2.23. The molecule has 3 N–H and O–H groups in total. The molecule has 1 atom stereocenters. The largest absolute Gasteiger partial charge is 0.381 e. The Kier molecular flexibility index (Phi) is 3.78. The molecule has 2 aliphatic rings. The molecule has 1 fully saturated rings. The minimum Gasteiger partial charge on any atom is -0.381 e. The minimum atomic E-state index is 0.132. The van der Waals surface area contributed by atoms with E-state index in [1.54, 1.807) is 0 Å². The highest BCUT2D eigenvalue weighted by Gasteiger charge is 2.31. The molecule has 1 aliphatic heterocycles. The molecule has 0 amide bonds. The van der Waals surface area contributed by atoms with Crippen LogP contribution >= 0.6 is 0 Å². The Morgan fingerprint density at radius 3 is 2.80 bits per heavy atom. The molecule has 15 heavy (non-hydrogen) atoms. The zero-order chi connectivity index (χ0) is 10.6. The second kappa shape index (κ2) is 5.10. The molecule has 0 bridgehead atoms. The SMILES string of the molecule is NCC1(NC2CC=CC2)CCCOCC1. The van der Waals surface area contributed by atoms with Crippen LogP contribution < -0.4 is 11.1 Å². The van der Waals surface area contributed by atoms with Crippen molar-refractivity contribution < 1.29 is 4.74 Å². The average molecular weight is 210 g/mol. The summed E-state index contributed by atoms with van der Waals surface area (Å²) < 4.78 is 5.50. The van der Waals surface area contributed by atoms with Crippen LogP contribution in [-0.4, -0.2) is 31.3 Å². The van der Waals surface area contributed by atoms with Gasteiger partial charge in [0.1, 0.15) is 0 Å². The average Bonchev–Trinajstić information content (AvgIpc) is 2.64. The van der Waals surface area contributed by atoms with Gasteiger partial charge in [0.2, 0.25) is 0 Å². The van der Waals surface area contributed by atoms with Crippen LogP contribution in [0.25, 0.3) is 0 Å². The molecule has 86 valence electrons. The molecule has 1 aliphatic carbocycles. The number of hydrogen-bond acceptors (Lipinski definition) is 3. The molecular weight excluding hydrogens is 188 g/mol. The lowest BCUT2D eigenvalue weighted by atomic mass is 9.89. The van der Waals surface area contributed by atoms with E-state index < -0.39 is 0 Å². The van der Waals surface area contributed by atoms with Gasteiger partial charge in [-0.15, -0.1) is 0 Å². The summed E-state index contributed by atoms with van der Waals surface area (Å²) in [6.07, 6.45) is 10.2. The van der Waals surface area contributed by atoms with Gasteiger partial charge in [-0.25, -0.2) is 0 Å². The monoisotopic (exact) mass is 210 g/mol. The minimum absolute atomic E-state index is 0.132. The van der Waals surface area contributed by atoms with Gasteiger partial charge < -0.3 is 15.8 Å². The summed E-state index contributed by atoms with van der Waals surface area (Å²) in [5.41, 5.74) is 6.08. The smallest absolute Gasteiger partial charge is 0.0484 e. The van der Waals surface area contributed by atoms with Crippen LogP contribution in [0.4, 0.5) is 0 Å². The highest BCUT2D eigenvalue weighted by atomic mass is 16.5. The van der Waals surface area contributed by atoms with Crippen molar-refractivity contribution in [3.05, 3.63) is 12.2 Å². The molecule has 3 nitrogen and oxygen atoms in total. The first-order chi connectivity index (χ1) is 7.35. The van der Waals surface area contributed by atoms with Crippen LogP contribution in [0.1, 0.15) is 32.1 Å². The number of nitrogens with two attached hydrogens (primary N) is 1. The van der Waals surface area contributed by atoms with Crippen LogP contribution in [0.5, 0.6) is 0 Å². The third-order valence-corrected chi connectivity index (χ3v) is 3.58. The van der Waals surface area contributed by atoms with Crippen molar-refractivity contribution in [3.8, 4) is 0 Å². The Balaban J connectivity index is 1.92. The fourth-order valence-electron chi connectivity index (χ4n) is 2.58. The number of hydrogen-bond donors (Lipinski definition) is 2. The Hall–Kier alpha value is -0.380. The first kappa shape index (κ1) is 11.1. The van der Waals surface area contributed by atoms with Crippen molar-refractivity contribution in [1.82, 2.24) is 5.32 Å². The molecular formula is C12H22N2O. The molecule has 0 aromatic heterocycles. The van der Waals surface area contributed by atoms with Gasteiger partial charge in [-0.05, 0) is 32.1 Å². The standard InChI is InChI=1S/C12H22N2O/c13-10-12(6-3-8-15-9-7-12)14-11-4-1-2-5-11/h1-2,11,14H,3-10,13H2. The van der Waals surface area contributed by atoms with E-state index in [1.807, 2.05) is 0 Å². The normalized spacial score (nSPS) is 33.1. The molecule has 2 rings (SSSR count). The lowest BCUT2D eigenvalue weighted by Gasteiger charge is -2.35. The van der Waals surface area contributed by atoms with Gasteiger partial charge in [-0.2, -0.15) is 0 Å². The van der Waals surface area contributed by atoms with E-state index in [1.165, 1.54) is 0 Å². The topological polar surface area (TPSA) is 47.3 Å². The Bertz CT molecular complexity index is 212. The summed E-state index contributed by atoms with van der Waals surface area (Å²) in [5, 5.41) is 3.75. The summed E-state index contributed by atoms with van der Waals surface area (Å²) in [6, 6.07) is 0.603. The van der Waals surface area contributed by atoms with Crippen molar-refractivity contribution in [2.45, 2.75) is 43.7 Å². The Labute approximate surface area is 92.1 Å². The molecule has 1 heterocycles. The van der Waals surface area contributed by atoms with E-state index in [2.05, 4.69) is 17.5 Å². The van der Waals surface area contributed by atoms with Crippen molar-refractivity contribution >= 4 is 0 Å². The maximum atomic E-state index is 5.95. The van der Waals surface area contributed by atoms with Gasteiger partial charge in [0, 0.05) is 31.3 Å². The van der Waals surface area contributed by atoms with Gasteiger partial charge in [0.15, 0.2) is 0 Å². The van der Waals surface area contributed by atoms with Crippen LogP contribution in [0.2, 0.25) is 0 Å². The molecule has 1 saturated heterocycles. The molecule has 0 saturated carbocycles. The first-order valence-corrected chi connectivity index (χ1v) is 6.05. The predicted molar refractivity (Wildman–Crippen MR) is 61.8 cm³/mol. The quantitative estimate of drug-likeness (QED) is 0.688. The first-order valence-electron chi connectivity index (χ1n) is 6.05. The Morgan fingerprint density at radius 1 is 1.27 bits per heavy atom. The Morgan fingerprint density at radius 2 is 2.07 bits per heavy atom. The van der Waals surface area contributed by atoms with Crippen molar-refractivity contribution in [2.75, 3.05) is 19.8 Å². The van der Waals surface area contributed by atoms with Gasteiger partial charge in [-0.3, -0.25) is 0 Å². The maximum absolute atomic E-state index is 5.95. The van der Waals surface area contributed by atoms with Gasteiger partial charge in [0.05, 0.1) is 0 Å². The predicted octanol–water partition coefficient (Wildman–Crippen LogP) is 1.19. The van der Waals surface area contributed by atoms with E-state index in [-0.39, 0.29) is 5.54 Å². The van der Waals surface area contributed by atoms with E-state index in [0.717, 1.165) is 51.9 Å². The maximum Gasteiger partial charge on any atom is 0.0484 e. The summed E-state index contributed by atoms with van der Waals surface area (Å²) in [7, 11) is 0. The third kappa shape index (κ3) is 2.80. The van der Waals surface area contributed by atoms with Crippen LogP contribution in [-0.2, 0) is 4.74 Å². The van der Waals surface area contributed by atoms with E-state index in [4.69, 9.17) is 10.5 Å². The summed E-state index contributed by atoms with van der Waals surface area (Å²) in [6.45, 7) is 2.48. The van der Waals surface area contributed by atoms with Crippen molar-refractivity contribution in [1.29, 1.82) is 0 Å². The fraction of sp³-hybridized carbons (Fsp3) is 0.833. The highest BCUT2D eigenvalue weighted by molar-refractivity contribution is 5.02. The second-order valence-corrected chi connectivity index (χ2v) is 4.73. The number of nitrogens with one attached hydrogen (secondary N) is 1. The molecule has 0 radical (unpaired) electrons. The zero-order valence-electron chi connectivity index (χ0n) is 9.37. The van der Waals surface area contributed by atoms with Gasteiger partial charge in [-0.1, -0.05) is 12.2 Å². The summed E-state index contributed by atoms with van der Waals surface area (Å²) in [4.78, 5) is 0. The number of rotatable bonds is 3. The van der Waals surface area contributed by atoms with Crippen LogP contribution in [0, 0.1) is 0 Å². The molecule has 0 aromatic carbocycles. The van der Waals surface area contributed by atoms with Crippen molar-refractivity contribution in [2.24, 2.45) is 5.73 Å². The lowest BCUT2D eigenvalue weighted by Crippen LogP contribution is -2.54. The third-order valence-electron chi connectivity index (χ3n) is 3.58. The van der Waals surface area contributed by atoms with Gasteiger partial charge in [0.25, 0.3) is 0 Å². The van der Waals surface area contributed by atoms with Gasteiger partial charge >= 0.3 is 0 Å². The number of ether oxygens (including phenoxy) is 1. The van der Waals surface area contributed by atoms with E-state index in [9.17, 15) is 0 Å².